The van der Waals surface area contributed by atoms with Gasteiger partial charge in [-0.1, -0.05) is 6.92 Å². The molecule has 17 heavy (non-hydrogen) atoms. The second-order valence-electron chi connectivity index (χ2n) is 4.35. The van der Waals surface area contributed by atoms with Crippen LogP contribution in [0.4, 0.5) is 0 Å². The summed E-state index contributed by atoms with van der Waals surface area (Å²) in [5, 5.41) is 25.0. The predicted octanol–water partition coefficient (Wildman–Crippen LogP) is -0.544. The Labute approximate surface area is 100 Å². The molecule has 0 radical (unpaired) electrons. The molecule has 0 fully saturated rings. The van der Waals surface area contributed by atoms with E-state index in [-0.39, 0.29) is 19.1 Å². The molecule has 0 aliphatic carbocycles. The van der Waals surface area contributed by atoms with E-state index in [0.29, 0.717) is 17.7 Å². The van der Waals surface area contributed by atoms with E-state index in [1.807, 2.05) is 6.92 Å². The highest BCUT2D eigenvalue weighted by Gasteiger charge is 2.26. The SMILES string of the molecule is CCc1nn(C)cc1C(=O)NC(C)(CO)CO. The van der Waals surface area contributed by atoms with Crippen molar-refractivity contribution in [2.45, 2.75) is 25.8 Å². The van der Waals surface area contributed by atoms with Crippen molar-refractivity contribution in [3.8, 4) is 0 Å². The van der Waals surface area contributed by atoms with Crippen molar-refractivity contribution in [1.29, 1.82) is 0 Å². The zero-order valence-corrected chi connectivity index (χ0v) is 10.4. The molecule has 1 heterocycles. The molecule has 0 spiro atoms. The maximum Gasteiger partial charge on any atom is 0.255 e. The smallest absolute Gasteiger partial charge is 0.255 e. The van der Waals surface area contributed by atoms with Crippen LogP contribution in [0.1, 0.15) is 29.9 Å². The van der Waals surface area contributed by atoms with E-state index in [1.165, 1.54) is 0 Å². The van der Waals surface area contributed by atoms with E-state index in [4.69, 9.17) is 10.2 Å². The molecule has 0 saturated heterocycles. The fourth-order valence-corrected chi connectivity index (χ4v) is 1.46. The Hall–Kier alpha value is -1.40. The summed E-state index contributed by atoms with van der Waals surface area (Å²) >= 11 is 0. The summed E-state index contributed by atoms with van der Waals surface area (Å²) in [6.07, 6.45) is 2.28. The van der Waals surface area contributed by atoms with Gasteiger partial charge in [0.05, 0.1) is 30.0 Å². The number of aromatic nitrogens is 2. The Bertz CT molecular complexity index is 397. The Morgan fingerprint density at radius 3 is 2.59 bits per heavy atom. The van der Waals surface area contributed by atoms with Gasteiger partial charge in [0.15, 0.2) is 0 Å². The van der Waals surface area contributed by atoms with E-state index < -0.39 is 5.54 Å². The van der Waals surface area contributed by atoms with E-state index in [1.54, 1.807) is 24.9 Å². The Kier molecular flexibility index (Phi) is 4.25. The molecule has 6 nitrogen and oxygen atoms in total. The van der Waals surface area contributed by atoms with Crippen LogP contribution in [0.25, 0.3) is 0 Å². The normalized spacial score (nSPS) is 11.6. The van der Waals surface area contributed by atoms with Crippen LogP contribution in [0.15, 0.2) is 6.20 Å². The van der Waals surface area contributed by atoms with Gasteiger partial charge in [-0.25, -0.2) is 0 Å². The summed E-state index contributed by atoms with van der Waals surface area (Å²) in [7, 11) is 1.74. The number of amides is 1. The van der Waals surface area contributed by atoms with Crippen molar-refractivity contribution in [1.82, 2.24) is 15.1 Å². The average molecular weight is 241 g/mol. The number of aryl methyl sites for hydroxylation is 2. The summed E-state index contributed by atoms with van der Waals surface area (Å²) in [6, 6.07) is 0. The molecule has 0 saturated carbocycles. The number of nitrogens with zero attached hydrogens (tertiary/aromatic N) is 2. The molecular weight excluding hydrogens is 222 g/mol. The van der Waals surface area contributed by atoms with Crippen molar-refractivity contribution in [2.24, 2.45) is 7.05 Å². The molecule has 1 aromatic rings. The molecule has 1 rings (SSSR count). The van der Waals surface area contributed by atoms with E-state index >= 15 is 0 Å². The number of aliphatic hydroxyl groups is 2. The van der Waals surface area contributed by atoms with Gasteiger partial charge in [-0.15, -0.1) is 0 Å². The summed E-state index contributed by atoms with van der Waals surface area (Å²) < 4.78 is 1.57. The van der Waals surface area contributed by atoms with Crippen LogP contribution >= 0.6 is 0 Å². The monoisotopic (exact) mass is 241 g/mol. The van der Waals surface area contributed by atoms with Gasteiger partial charge in [0.1, 0.15) is 0 Å². The third-order valence-corrected chi connectivity index (χ3v) is 2.60. The minimum absolute atomic E-state index is 0.322. The quantitative estimate of drug-likeness (QED) is 0.646. The summed E-state index contributed by atoms with van der Waals surface area (Å²) in [5.74, 6) is -0.333. The molecule has 96 valence electrons. The van der Waals surface area contributed by atoms with Crippen LogP contribution in [0.3, 0.4) is 0 Å². The summed E-state index contributed by atoms with van der Waals surface area (Å²) in [5.41, 5.74) is 0.157. The first-order valence-corrected chi connectivity index (χ1v) is 5.52. The van der Waals surface area contributed by atoms with Gasteiger partial charge in [-0.05, 0) is 13.3 Å². The largest absolute Gasteiger partial charge is 0.394 e. The number of hydrogen-bond donors (Lipinski definition) is 3. The molecule has 1 aromatic heterocycles. The number of carbonyl (C=O) groups is 1. The first kappa shape index (κ1) is 13.7. The van der Waals surface area contributed by atoms with E-state index in [0.717, 1.165) is 0 Å². The highest BCUT2D eigenvalue weighted by molar-refractivity contribution is 5.95. The lowest BCUT2D eigenvalue weighted by Gasteiger charge is -2.25. The topological polar surface area (TPSA) is 87.4 Å². The molecule has 0 aromatic carbocycles. The highest BCUT2D eigenvalue weighted by atomic mass is 16.3. The van der Waals surface area contributed by atoms with Crippen molar-refractivity contribution in [3.63, 3.8) is 0 Å². The Balaban J connectivity index is 2.89. The highest BCUT2D eigenvalue weighted by Crippen LogP contribution is 2.10. The van der Waals surface area contributed by atoms with Gasteiger partial charge in [-0.3, -0.25) is 9.48 Å². The zero-order chi connectivity index (χ0) is 13.1. The van der Waals surface area contributed by atoms with Crippen LogP contribution in [-0.4, -0.2) is 44.7 Å². The van der Waals surface area contributed by atoms with Gasteiger partial charge < -0.3 is 15.5 Å². The number of nitrogens with one attached hydrogen (secondary N) is 1. The van der Waals surface area contributed by atoms with Crippen molar-refractivity contribution >= 4 is 5.91 Å². The molecule has 0 aliphatic rings. The molecule has 6 heteroatoms. The van der Waals surface area contributed by atoms with Gasteiger partial charge in [0.2, 0.25) is 0 Å². The maximum atomic E-state index is 12.0. The first-order valence-electron chi connectivity index (χ1n) is 5.52. The second kappa shape index (κ2) is 5.29. The van der Waals surface area contributed by atoms with Gasteiger partial charge >= 0.3 is 0 Å². The zero-order valence-electron chi connectivity index (χ0n) is 10.4. The third-order valence-electron chi connectivity index (χ3n) is 2.60. The molecular formula is C11H19N3O3. The van der Waals surface area contributed by atoms with Gasteiger partial charge in [0, 0.05) is 13.2 Å². The lowest BCUT2D eigenvalue weighted by molar-refractivity contribution is 0.0723. The third kappa shape index (κ3) is 3.04. The van der Waals surface area contributed by atoms with Gasteiger partial charge in [-0.2, -0.15) is 5.10 Å². The lowest BCUT2D eigenvalue weighted by atomic mass is 10.0. The summed E-state index contributed by atoms with van der Waals surface area (Å²) in [6.45, 7) is 2.84. The molecule has 0 atom stereocenters. The molecule has 3 N–H and O–H groups in total. The van der Waals surface area contributed by atoms with Crippen LogP contribution in [-0.2, 0) is 13.5 Å². The lowest BCUT2D eigenvalue weighted by Crippen LogP contribution is -2.51. The first-order chi connectivity index (χ1) is 7.95. The minimum atomic E-state index is -1.02. The van der Waals surface area contributed by atoms with Crippen molar-refractivity contribution in [2.75, 3.05) is 13.2 Å². The number of carbonyl (C=O) groups excluding carboxylic acids is 1. The van der Waals surface area contributed by atoms with Crippen molar-refractivity contribution < 1.29 is 15.0 Å². The number of rotatable bonds is 5. The molecule has 0 bridgehead atoms. The summed E-state index contributed by atoms with van der Waals surface area (Å²) in [4.78, 5) is 12.0. The van der Waals surface area contributed by atoms with Crippen LogP contribution in [0.2, 0.25) is 0 Å². The van der Waals surface area contributed by atoms with Crippen molar-refractivity contribution in [3.05, 3.63) is 17.5 Å². The van der Waals surface area contributed by atoms with Crippen LogP contribution in [0, 0.1) is 0 Å². The van der Waals surface area contributed by atoms with Crippen LogP contribution in [0.5, 0.6) is 0 Å². The van der Waals surface area contributed by atoms with Crippen LogP contribution < -0.4 is 5.32 Å². The number of aliphatic hydroxyl groups excluding tert-OH is 2. The Morgan fingerprint density at radius 2 is 2.12 bits per heavy atom. The fraction of sp³-hybridized carbons (Fsp3) is 0.636. The minimum Gasteiger partial charge on any atom is -0.394 e. The predicted molar refractivity (Wildman–Crippen MR) is 62.6 cm³/mol. The standard InChI is InChI=1S/C11H19N3O3/c1-4-9-8(5-14(3)13-9)10(17)12-11(2,6-15)7-16/h5,15-16H,4,6-7H2,1-3H3,(H,12,17). The maximum absolute atomic E-state index is 12.0. The average Bonchev–Trinajstić information content (AvgIpc) is 2.70. The number of hydrogen-bond acceptors (Lipinski definition) is 4. The molecule has 0 unspecified atom stereocenters. The second-order valence-corrected chi connectivity index (χ2v) is 4.35. The molecule has 0 aliphatic heterocycles. The van der Waals surface area contributed by atoms with E-state index in [2.05, 4.69) is 10.4 Å². The Morgan fingerprint density at radius 1 is 1.53 bits per heavy atom. The van der Waals surface area contributed by atoms with Gasteiger partial charge in [0.25, 0.3) is 5.91 Å². The molecule has 1 amide bonds. The fourth-order valence-electron chi connectivity index (χ4n) is 1.46. The van der Waals surface area contributed by atoms with E-state index in [9.17, 15) is 4.79 Å².